The van der Waals surface area contributed by atoms with Crippen molar-refractivity contribution in [2.24, 2.45) is 0 Å². The highest BCUT2D eigenvalue weighted by Gasteiger charge is 2.14. The summed E-state index contributed by atoms with van der Waals surface area (Å²) < 4.78 is 5.70. The Morgan fingerprint density at radius 3 is 2.70 bits per heavy atom. The van der Waals surface area contributed by atoms with Crippen molar-refractivity contribution in [2.75, 3.05) is 33.4 Å². The maximum atomic E-state index is 10.4. The lowest BCUT2D eigenvalue weighted by Gasteiger charge is -2.20. The van der Waals surface area contributed by atoms with Gasteiger partial charge in [0.1, 0.15) is 5.75 Å². The highest BCUT2D eigenvalue weighted by molar-refractivity contribution is 5.38. The minimum atomic E-state index is -0.539. The summed E-state index contributed by atoms with van der Waals surface area (Å²) in [5.41, 5.74) is 1.97. The second-order valence-electron chi connectivity index (χ2n) is 5.22. The molecule has 0 aliphatic carbocycles. The number of hydrogen-bond donors (Lipinski definition) is 2. The summed E-state index contributed by atoms with van der Waals surface area (Å²) in [7, 11) is 1.94. The maximum absolute atomic E-state index is 10.4. The molecule has 20 heavy (non-hydrogen) atoms. The molecule has 4 heteroatoms. The van der Waals surface area contributed by atoms with Crippen molar-refractivity contribution in [3.8, 4) is 5.75 Å². The standard InChI is InChI=1S/C16H27NO3/c1-4-11-20-16-6-5-13(2)12-14(16)15(19)7-8-17(3)9-10-18/h5-6,12,15,18-19H,4,7-11H2,1-3H3. The van der Waals surface area contributed by atoms with E-state index in [1.54, 1.807) is 0 Å². The van der Waals surface area contributed by atoms with Crippen LogP contribution in [0, 0.1) is 6.92 Å². The zero-order chi connectivity index (χ0) is 15.0. The van der Waals surface area contributed by atoms with Gasteiger partial charge in [-0.3, -0.25) is 0 Å². The summed E-state index contributed by atoms with van der Waals surface area (Å²) in [6.45, 7) is 6.24. The van der Waals surface area contributed by atoms with Crippen molar-refractivity contribution >= 4 is 0 Å². The van der Waals surface area contributed by atoms with Crippen LogP contribution in [-0.2, 0) is 0 Å². The molecule has 0 aromatic heterocycles. The quantitative estimate of drug-likeness (QED) is 0.728. The molecule has 0 saturated heterocycles. The van der Waals surface area contributed by atoms with Crippen LogP contribution in [0.3, 0.4) is 0 Å². The number of hydrogen-bond acceptors (Lipinski definition) is 4. The van der Waals surface area contributed by atoms with Gasteiger partial charge in [0.15, 0.2) is 0 Å². The third-order valence-corrected chi connectivity index (χ3v) is 3.25. The SMILES string of the molecule is CCCOc1ccc(C)cc1C(O)CCN(C)CCO. The molecule has 1 rings (SSSR count). The topological polar surface area (TPSA) is 52.9 Å². The van der Waals surface area contributed by atoms with Gasteiger partial charge in [-0.15, -0.1) is 0 Å². The maximum Gasteiger partial charge on any atom is 0.125 e. The predicted octanol–water partition coefficient (Wildman–Crippen LogP) is 2.13. The summed E-state index contributed by atoms with van der Waals surface area (Å²) in [5, 5.41) is 19.2. The smallest absolute Gasteiger partial charge is 0.125 e. The molecule has 0 amide bonds. The fourth-order valence-corrected chi connectivity index (χ4v) is 2.05. The van der Waals surface area contributed by atoms with Crippen molar-refractivity contribution in [1.29, 1.82) is 0 Å². The Bertz CT molecular complexity index is 395. The minimum Gasteiger partial charge on any atom is -0.493 e. The number of aliphatic hydroxyl groups is 2. The van der Waals surface area contributed by atoms with Crippen LogP contribution < -0.4 is 4.74 Å². The van der Waals surface area contributed by atoms with E-state index < -0.39 is 6.10 Å². The van der Waals surface area contributed by atoms with Gasteiger partial charge < -0.3 is 19.8 Å². The number of likely N-dealkylation sites (N-methyl/N-ethyl adjacent to an activating group) is 1. The number of aryl methyl sites for hydroxylation is 1. The molecule has 0 saturated carbocycles. The Kier molecular flexibility index (Phi) is 7.59. The third-order valence-electron chi connectivity index (χ3n) is 3.25. The molecule has 0 radical (unpaired) electrons. The second-order valence-corrected chi connectivity index (χ2v) is 5.22. The normalized spacial score (nSPS) is 12.7. The lowest BCUT2D eigenvalue weighted by Crippen LogP contribution is -2.24. The fraction of sp³-hybridized carbons (Fsp3) is 0.625. The van der Waals surface area contributed by atoms with Gasteiger partial charge in [0.2, 0.25) is 0 Å². The third kappa shape index (κ3) is 5.49. The molecule has 1 aromatic rings. The molecule has 1 aromatic carbocycles. The second kappa shape index (κ2) is 8.95. The number of ether oxygens (including phenoxy) is 1. The van der Waals surface area contributed by atoms with E-state index in [1.165, 1.54) is 0 Å². The van der Waals surface area contributed by atoms with Gasteiger partial charge in [-0.2, -0.15) is 0 Å². The fourth-order valence-electron chi connectivity index (χ4n) is 2.05. The summed E-state index contributed by atoms with van der Waals surface area (Å²) in [4.78, 5) is 2.01. The van der Waals surface area contributed by atoms with Gasteiger partial charge in [-0.1, -0.05) is 18.6 Å². The summed E-state index contributed by atoms with van der Waals surface area (Å²) >= 11 is 0. The molecular weight excluding hydrogens is 254 g/mol. The van der Waals surface area contributed by atoms with Crippen LogP contribution >= 0.6 is 0 Å². The molecule has 1 unspecified atom stereocenters. The first-order chi connectivity index (χ1) is 9.58. The van der Waals surface area contributed by atoms with Gasteiger partial charge >= 0.3 is 0 Å². The zero-order valence-electron chi connectivity index (χ0n) is 12.8. The van der Waals surface area contributed by atoms with E-state index in [0.29, 0.717) is 19.6 Å². The molecule has 0 spiro atoms. The van der Waals surface area contributed by atoms with Gasteiger partial charge in [0.25, 0.3) is 0 Å². The number of aliphatic hydroxyl groups excluding tert-OH is 2. The van der Waals surface area contributed by atoms with Crippen LogP contribution in [-0.4, -0.2) is 48.5 Å². The van der Waals surface area contributed by atoms with Crippen LogP contribution in [0.1, 0.15) is 37.0 Å². The Hall–Kier alpha value is -1.10. The Labute approximate surface area is 122 Å². The van der Waals surface area contributed by atoms with E-state index in [9.17, 15) is 5.11 Å². The van der Waals surface area contributed by atoms with Crippen LogP contribution in [0.15, 0.2) is 18.2 Å². The van der Waals surface area contributed by atoms with E-state index in [2.05, 4.69) is 6.92 Å². The van der Waals surface area contributed by atoms with E-state index in [4.69, 9.17) is 9.84 Å². The van der Waals surface area contributed by atoms with Crippen LogP contribution in [0.2, 0.25) is 0 Å². The lowest BCUT2D eigenvalue weighted by molar-refractivity contribution is 0.137. The molecule has 0 bridgehead atoms. The predicted molar refractivity (Wildman–Crippen MR) is 81.1 cm³/mol. The summed E-state index contributed by atoms with van der Waals surface area (Å²) in [6.07, 6.45) is 1.04. The molecular formula is C16H27NO3. The van der Waals surface area contributed by atoms with Gasteiger partial charge in [-0.25, -0.2) is 0 Å². The minimum absolute atomic E-state index is 0.141. The summed E-state index contributed by atoms with van der Waals surface area (Å²) in [6, 6.07) is 5.92. The Balaban J connectivity index is 2.69. The van der Waals surface area contributed by atoms with Crippen LogP contribution in [0.5, 0.6) is 5.75 Å². The van der Waals surface area contributed by atoms with Crippen LogP contribution in [0.4, 0.5) is 0 Å². The monoisotopic (exact) mass is 281 g/mol. The number of rotatable bonds is 9. The molecule has 2 N–H and O–H groups in total. The molecule has 114 valence electrons. The lowest BCUT2D eigenvalue weighted by atomic mass is 10.0. The van der Waals surface area contributed by atoms with E-state index in [0.717, 1.165) is 29.8 Å². The first kappa shape index (κ1) is 17.0. The Morgan fingerprint density at radius 1 is 1.30 bits per heavy atom. The largest absolute Gasteiger partial charge is 0.493 e. The average molecular weight is 281 g/mol. The Morgan fingerprint density at radius 2 is 2.05 bits per heavy atom. The zero-order valence-corrected chi connectivity index (χ0v) is 12.8. The number of nitrogens with zero attached hydrogens (tertiary/aromatic N) is 1. The van der Waals surface area contributed by atoms with Gasteiger partial charge in [0.05, 0.1) is 19.3 Å². The summed E-state index contributed by atoms with van der Waals surface area (Å²) in [5.74, 6) is 0.773. The van der Waals surface area contributed by atoms with Crippen molar-refractivity contribution in [3.63, 3.8) is 0 Å². The van der Waals surface area contributed by atoms with E-state index in [1.807, 2.05) is 37.1 Å². The molecule has 4 nitrogen and oxygen atoms in total. The first-order valence-electron chi connectivity index (χ1n) is 7.29. The highest BCUT2D eigenvalue weighted by atomic mass is 16.5. The van der Waals surface area contributed by atoms with Gasteiger partial charge in [-0.05, 0) is 38.9 Å². The number of benzene rings is 1. The highest BCUT2D eigenvalue weighted by Crippen LogP contribution is 2.28. The van der Waals surface area contributed by atoms with Crippen molar-refractivity contribution in [2.45, 2.75) is 32.8 Å². The molecule has 0 heterocycles. The van der Waals surface area contributed by atoms with Crippen LogP contribution in [0.25, 0.3) is 0 Å². The van der Waals surface area contributed by atoms with E-state index >= 15 is 0 Å². The molecule has 0 aliphatic heterocycles. The first-order valence-corrected chi connectivity index (χ1v) is 7.29. The van der Waals surface area contributed by atoms with Crippen molar-refractivity contribution in [3.05, 3.63) is 29.3 Å². The average Bonchev–Trinajstić information content (AvgIpc) is 2.43. The van der Waals surface area contributed by atoms with Crippen molar-refractivity contribution < 1.29 is 14.9 Å². The van der Waals surface area contributed by atoms with Crippen molar-refractivity contribution in [1.82, 2.24) is 4.90 Å². The molecule has 0 fully saturated rings. The van der Waals surface area contributed by atoms with Gasteiger partial charge in [0, 0.05) is 18.7 Å². The molecule has 0 aliphatic rings. The van der Waals surface area contributed by atoms with E-state index in [-0.39, 0.29) is 6.61 Å². The molecule has 1 atom stereocenters.